The summed E-state index contributed by atoms with van der Waals surface area (Å²) in [5.74, 6) is -0.583. The van der Waals surface area contributed by atoms with E-state index in [1.165, 1.54) is 4.90 Å². The van der Waals surface area contributed by atoms with Crippen molar-refractivity contribution in [3.63, 3.8) is 0 Å². The molecule has 0 spiro atoms. The average molecular weight is 414 g/mol. The number of amides is 2. The molecule has 156 valence electrons. The fourth-order valence-electron chi connectivity index (χ4n) is 4.40. The predicted molar refractivity (Wildman–Crippen MR) is 117 cm³/mol. The number of ether oxygens (including phenoxy) is 1. The number of hydroxylamine groups is 1. The lowest BCUT2D eigenvalue weighted by molar-refractivity contribution is -0.126. The molecular weight excluding hydrogens is 392 g/mol. The predicted octanol–water partition coefficient (Wildman–Crippen LogP) is 4.05. The minimum absolute atomic E-state index is 0.258. The van der Waals surface area contributed by atoms with E-state index in [0.29, 0.717) is 11.4 Å². The van der Waals surface area contributed by atoms with E-state index in [9.17, 15) is 9.59 Å². The summed E-state index contributed by atoms with van der Waals surface area (Å²) in [6, 6.07) is 24.0. The highest BCUT2D eigenvalue weighted by molar-refractivity contribution is 6.23. The minimum Gasteiger partial charge on any atom is -0.497 e. The molecular formula is C25H22N2O4. The van der Waals surface area contributed by atoms with E-state index < -0.39 is 18.1 Å². The van der Waals surface area contributed by atoms with Gasteiger partial charge >= 0.3 is 0 Å². The quantitative estimate of drug-likeness (QED) is 0.603. The van der Waals surface area contributed by atoms with Crippen molar-refractivity contribution < 1.29 is 19.2 Å². The maximum atomic E-state index is 13.6. The molecule has 6 heteroatoms. The van der Waals surface area contributed by atoms with Crippen LogP contribution in [0.15, 0.2) is 78.9 Å². The van der Waals surface area contributed by atoms with Crippen LogP contribution < -0.4 is 14.7 Å². The molecule has 0 N–H and O–H groups in total. The molecule has 2 saturated heterocycles. The number of carbonyl (C=O) groups excluding carboxylic acids is 2. The molecule has 3 aromatic rings. The van der Waals surface area contributed by atoms with Crippen molar-refractivity contribution in [1.82, 2.24) is 0 Å². The first-order chi connectivity index (χ1) is 15.1. The average Bonchev–Trinajstić information content (AvgIpc) is 3.30. The number of carbonyl (C=O) groups is 2. The van der Waals surface area contributed by atoms with Gasteiger partial charge in [0.15, 0.2) is 6.10 Å². The summed E-state index contributed by atoms with van der Waals surface area (Å²) in [6.45, 7) is 1.93. The van der Waals surface area contributed by atoms with Gasteiger partial charge in [0, 0.05) is 0 Å². The summed E-state index contributed by atoms with van der Waals surface area (Å²) < 4.78 is 5.40. The van der Waals surface area contributed by atoms with Crippen LogP contribution in [0.1, 0.15) is 17.2 Å². The third-order valence-electron chi connectivity index (χ3n) is 5.82. The second-order valence-electron chi connectivity index (χ2n) is 7.79. The van der Waals surface area contributed by atoms with Gasteiger partial charge in [0.2, 0.25) is 5.91 Å². The number of anilines is 2. The number of rotatable bonds is 4. The smallest absolute Gasteiger partial charge is 0.266 e. The zero-order valence-corrected chi connectivity index (χ0v) is 17.3. The van der Waals surface area contributed by atoms with Crippen LogP contribution in [0.4, 0.5) is 11.4 Å². The van der Waals surface area contributed by atoms with Crippen LogP contribution in [0.3, 0.4) is 0 Å². The Balaban J connectivity index is 1.60. The van der Waals surface area contributed by atoms with E-state index in [1.54, 1.807) is 18.2 Å². The second-order valence-corrected chi connectivity index (χ2v) is 7.79. The Morgan fingerprint density at radius 1 is 0.839 bits per heavy atom. The first-order valence-corrected chi connectivity index (χ1v) is 10.2. The van der Waals surface area contributed by atoms with Gasteiger partial charge in [-0.05, 0) is 54.4 Å². The second kappa shape index (κ2) is 7.56. The van der Waals surface area contributed by atoms with Crippen LogP contribution in [0.25, 0.3) is 0 Å². The van der Waals surface area contributed by atoms with Gasteiger partial charge in [-0.3, -0.25) is 14.4 Å². The monoisotopic (exact) mass is 414 g/mol. The number of nitrogens with zero attached hydrogens (tertiary/aromatic N) is 2. The molecule has 2 amide bonds. The number of hydrogen-bond donors (Lipinski definition) is 0. The molecule has 2 aliphatic heterocycles. The van der Waals surface area contributed by atoms with Crippen molar-refractivity contribution in [2.45, 2.75) is 19.1 Å². The lowest BCUT2D eigenvalue weighted by Gasteiger charge is -2.29. The fraction of sp³-hybridized carbons (Fsp3) is 0.200. The Bertz CT molecular complexity index is 1150. The van der Waals surface area contributed by atoms with Gasteiger partial charge in [-0.15, -0.1) is 0 Å². The Hall–Kier alpha value is -3.64. The van der Waals surface area contributed by atoms with E-state index in [-0.39, 0.29) is 11.8 Å². The Labute approximate surface area is 180 Å². The van der Waals surface area contributed by atoms with Crippen LogP contribution >= 0.6 is 0 Å². The van der Waals surface area contributed by atoms with E-state index in [4.69, 9.17) is 9.57 Å². The standard InChI is InChI=1S/C25H22N2O4/c1-16-8-6-12-19(14-16)26-24(28)21-22(17-9-7-13-20(15-17)30-2)27(31-23(21)25(26)29)18-10-4-3-5-11-18/h3-15,21-23H,1-2H3/t21-,22-,23+/m0/s1. The van der Waals surface area contributed by atoms with Crippen molar-refractivity contribution in [2.75, 3.05) is 17.1 Å². The Morgan fingerprint density at radius 2 is 1.58 bits per heavy atom. The SMILES string of the molecule is COc1cccc([C@H]2[C@@H]3C(=O)N(c4cccc(C)c4)C(=O)[C@@H]3ON2c2ccccc2)c1. The number of imide groups is 1. The number of hydrogen-bond acceptors (Lipinski definition) is 5. The molecule has 0 bridgehead atoms. The van der Waals surface area contributed by atoms with Gasteiger partial charge in [-0.1, -0.05) is 42.5 Å². The summed E-state index contributed by atoms with van der Waals surface area (Å²) in [4.78, 5) is 34.3. The molecule has 0 aromatic heterocycles. The van der Waals surface area contributed by atoms with Gasteiger partial charge in [-0.2, -0.15) is 0 Å². The Kier molecular flexibility index (Phi) is 4.71. The lowest BCUT2D eigenvalue weighted by Crippen LogP contribution is -2.37. The summed E-state index contributed by atoms with van der Waals surface area (Å²) >= 11 is 0. The van der Waals surface area contributed by atoms with Crippen LogP contribution in [-0.2, 0) is 14.4 Å². The molecule has 2 aliphatic rings. The third kappa shape index (κ3) is 3.16. The van der Waals surface area contributed by atoms with Crippen LogP contribution in [0.5, 0.6) is 5.75 Å². The number of methoxy groups -OCH3 is 1. The van der Waals surface area contributed by atoms with E-state index >= 15 is 0 Å². The number of aryl methyl sites for hydroxylation is 1. The van der Waals surface area contributed by atoms with Gasteiger partial charge in [0.25, 0.3) is 5.91 Å². The maximum absolute atomic E-state index is 13.6. The van der Waals surface area contributed by atoms with Crippen molar-refractivity contribution in [2.24, 2.45) is 5.92 Å². The zero-order valence-electron chi connectivity index (χ0n) is 17.3. The highest BCUT2D eigenvalue weighted by Crippen LogP contribution is 2.47. The molecule has 3 aromatic carbocycles. The third-order valence-corrected chi connectivity index (χ3v) is 5.82. The van der Waals surface area contributed by atoms with Crippen molar-refractivity contribution in [1.29, 1.82) is 0 Å². The summed E-state index contributed by atoms with van der Waals surface area (Å²) in [7, 11) is 1.60. The highest BCUT2D eigenvalue weighted by Gasteiger charge is 2.60. The molecule has 3 atom stereocenters. The van der Waals surface area contributed by atoms with Gasteiger partial charge < -0.3 is 4.74 Å². The molecule has 6 nitrogen and oxygen atoms in total. The molecule has 0 radical (unpaired) electrons. The summed E-state index contributed by atoms with van der Waals surface area (Å²) in [6.07, 6.45) is -0.885. The number of para-hydroxylation sites is 1. The topological polar surface area (TPSA) is 59.1 Å². The Morgan fingerprint density at radius 3 is 2.32 bits per heavy atom. The molecule has 0 unspecified atom stereocenters. The van der Waals surface area contributed by atoms with Crippen LogP contribution in [0.2, 0.25) is 0 Å². The number of fused-ring (bicyclic) bond motifs is 1. The summed E-state index contributed by atoms with van der Waals surface area (Å²) in [5, 5.41) is 1.69. The van der Waals surface area contributed by atoms with Crippen molar-refractivity contribution >= 4 is 23.2 Å². The molecule has 5 rings (SSSR count). The van der Waals surface area contributed by atoms with Gasteiger partial charge in [0.05, 0.1) is 24.5 Å². The molecule has 0 aliphatic carbocycles. The summed E-state index contributed by atoms with van der Waals surface area (Å²) in [5.41, 5.74) is 3.19. The van der Waals surface area contributed by atoms with E-state index in [1.807, 2.05) is 79.7 Å². The fourth-order valence-corrected chi connectivity index (χ4v) is 4.40. The normalized spacial score (nSPS) is 22.7. The lowest BCUT2D eigenvalue weighted by atomic mass is 9.90. The van der Waals surface area contributed by atoms with E-state index in [2.05, 4.69) is 0 Å². The first kappa shape index (κ1) is 19.3. The van der Waals surface area contributed by atoms with Gasteiger partial charge in [0.1, 0.15) is 11.7 Å². The van der Waals surface area contributed by atoms with Crippen LogP contribution in [0, 0.1) is 12.8 Å². The highest BCUT2D eigenvalue weighted by atomic mass is 16.7. The van der Waals surface area contributed by atoms with Crippen LogP contribution in [-0.4, -0.2) is 25.0 Å². The van der Waals surface area contributed by atoms with Crippen molar-refractivity contribution in [3.05, 3.63) is 90.0 Å². The maximum Gasteiger partial charge on any atom is 0.266 e. The van der Waals surface area contributed by atoms with Crippen molar-refractivity contribution in [3.8, 4) is 5.75 Å². The largest absolute Gasteiger partial charge is 0.497 e. The molecule has 2 heterocycles. The van der Waals surface area contributed by atoms with E-state index in [0.717, 1.165) is 16.8 Å². The zero-order chi connectivity index (χ0) is 21.5. The van der Waals surface area contributed by atoms with Gasteiger partial charge in [-0.25, -0.2) is 9.96 Å². The molecule has 2 fully saturated rings. The molecule has 31 heavy (non-hydrogen) atoms. The first-order valence-electron chi connectivity index (χ1n) is 10.2. The number of benzene rings is 3. The minimum atomic E-state index is -0.885. The molecule has 0 saturated carbocycles.